The number of amides is 1. The molecule has 34 heavy (non-hydrogen) atoms. The Morgan fingerprint density at radius 2 is 1.74 bits per heavy atom. The molecule has 1 aliphatic heterocycles. The van der Waals surface area contributed by atoms with E-state index in [9.17, 15) is 14.7 Å². The van der Waals surface area contributed by atoms with Crippen LogP contribution in [0.25, 0.3) is 5.76 Å². The summed E-state index contributed by atoms with van der Waals surface area (Å²) in [5.41, 5.74) is 1.21. The number of Topliss-reactive ketones (excluding diaryl/α,β-unsaturated/α-hetero) is 1. The van der Waals surface area contributed by atoms with Crippen molar-refractivity contribution in [1.82, 2.24) is 4.90 Å². The normalized spacial score (nSPS) is 17.3. The Bertz CT molecular complexity index is 1020. The molecule has 1 amide bonds. The van der Waals surface area contributed by atoms with Crippen LogP contribution >= 0.6 is 0 Å². The van der Waals surface area contributed by atoms with E-state index in [0.717, 1.165) is 12.8 Å². The van der Waals surface area contributed by atoms with E-state index in [1.165, 1.54) is 4.90 Å². The molecule has 7 nitrogen and oxygen atoms in total. The van der Waals surface area contributed by atoms with Crippen LogP contribution < -0.4 is 9.47 Å². The second kappa shape index (κ2) is 12.2. The molecule has 0 spiro atoms. The van der Waals surface area contributed by atoms with Gasteiger partial charge in [0.25, 0.3) is 11.7 Å². The predicted octanol–water partition coefficient (Wildman–Crippen LogP) is 4.72. The predicted molar refractivity (Wildman–Crippen MR) is 130 cm³/mol. The molecule has 1 saturated heterocycles. The maximum absolute atomic E-state index is 13.1. The third kappa shape index (κ3) is 5.59. The summed E-state index contributed by atoms with van der Waals surface area (Å²) in [6.45, 7) is 5.74. The Balaban J connectivity index is 2.09. The molecule has 0 aliphatic carbocycles. The van der Waals surface area contributed by atoms with Gasteiger partial charge in [-0.05, 0) is 37.5 Å². The van der Waals surface area contributed by atoms with E-state index in [0.29, 0.717) is 55.4 Å². The highest BCUT2D eigenvalue weighted by Crippen LogP contribution is 2.42. The number of aliphatic hydroxyl groups excluding tert-OH is 1. The Hall–Kier alpha value is -3.32. The van der Waals surface area contributed by atoms with E-state index in [1.807, 2.05) is 19.1 Å². The molecular formula is C27H33NO6. The molecule has 1 N–H and O–H groups in total. The second-order valence-electron chi connectivity index (χ2n) is 8.05. The van der Waals surface area contributed by atoms with Crippen molar-refractivity contribution in [2.75, 3.05) is 33.5 Å². The molecule has 2 aromatic carbocycles. The number of carbonyl (C=O) groups excluding carboxylic acids is 2. The van der Waals surface area contributed by atoms with Crippen LogP contribution in [0, 0.1) is 0 Å². The number of aliphatic hydroxyl groups is 1. The molecule has 1 fully saturated rings. The lowest BCUT2D eigenvalue weighted by molar-refractivity contribution is -0.140. The summed E-state index contributed by atoms with van der Waals surface area (Å²) < 4.78 is 16.9. The summed E-state index contributed by atoms with van der Waals surface area (Å²) in [5, 5.41) is 11.1. The Kier molecular flexibility index (Phi) is 9.10. The van der Waals surface area contributed by atoms with E-state index in [4.69, 9.17) is 14.2 Å². The van der Waals surface area contributed by atoms with Gasteiger partial charge >= 0.3 is 0 Å². The molecular weight excluding hydrogens is 434 g/mol. The fourth-order valence-corrected chi connectivity index (χ4v) is 4.00. The summed E-state index contributed by atoms with van der Waals surface area (Å²) in [7, 11) is 1.59. The number of unbranched alkanes of at least 4 members (excludes halogenated alkanes) is 1. The first-order valence-electron chi connectivity index (χ1n) is 11.8. The molecule has 1 aliphatic rings. The highest BCUT2D eigenvalue weighted by molar-refractivity contribution is 6.46. The zero-order valence-corrected chi connectivity index (χ0v) is 20.1. The van der Waals surface area contributed by atoms with Crippen LogP contribution in [0.4, 0.5) is 0 Å². The van der Waals surface area contributed by atoms with Gasteiger partial charge in [-0.1, -0.05) is 49.7 Å². The summed E-state index contributed by atoms with van der Waals surface area (Å²) in [6.07, 6.45) is 2.49. The first-order chi connectivity index (χ1) is 16.5. The molecule has 7 heteroatoms. The quantitative estimate of drug-likeness (QED) is 0.210. The molecule has 0 radical (unpaired) electrons. The van der Waals surface area contributed by atoms with E-state index < -0.39 is 17.7 Å². The largest absolute Gasteiger partial charge is 0.507 e. The van der Waals surface area contributed by atoms with E-state index in [-0.39, 0.29) is 11.3 Å². The minimum absolute atomic E-state index is 0.0655. The first-order valence-corrected chi connectivity index (χ1v) is 11.8. The van der Waals surface area contributed by atoms with Gasteiger partial charge < -0.3 is 24.2 Å². The minimum atomic E-state index is -0.749. The number of ether oxygens (including phenoxy) is 3. The number of ketones is 1. The third-order valence-corrected chi connectivity index (χ3v) is 5.67. The molecule has 1 atom stereocenters. The van der Waals surface area contributed by atoms with Crippen molar-refractivity contribution < 1.29 is 28.9 Å². The lowest BCUT2D eigenvalue weighted by atomic mass is 9.95. The van der Waals surface area contributed by atoms with E-state index in [2.05, 4.69) is 6.92 Å². The number of methoxy groups -OCH3 is 1. The zero-order valence-electron chi connectivity index (χ0n) is 20.1. The van der Waals surface area contributed by atoms with Crippen molar-refractivity contribution >= 4 is 17.4 Å². The molecule has 1 unspecified atom stereocenters. The van der Waals surface area contributed by atoms with Gasteiger partial charge in [-0.2, -0.15) is 0 Å². The minimum Gasteiger partial charge on any atom is -0.507 e. The summed E-state index contributed by atoms with van der Waals surface area (Å²) in [4.78, 5) is 27.6. The van der Waals surface area contributed by atoms with Crippen molar-refractivity contribution in [3.63, 3.8) is 0 Å². The fourth-order valence-electron chi connectivity index (χ4n) is 4.00. The zero-order chi connectivity index (χ0) is 24.5. The number of hydrogen-bond acceptors (Lipinski definition) is 6. The van der Waals surface area contributed by atoms with Gasteiger partial charge in [0.05, 0.1) is 24.8 Å². The molecule has 0 bridgehead atoms. The van der Waals surface area contributed by atoms with Crippen LogP contribution in [0.2, 0.25) is 0 Å². The molecule has 0 saturated carbocycles. The van der Waals surface area contributed by atoms with Crippen molar-refractivity contribution in [3.8, 4) is 11.5 Å². The van der Waals surface area contributed by atoms with Gasteiger partial charge in [-0.15, -0.1) is 0 Å². The molecule has 0 aromatic heterocycles. The average molecular weight is 468 g/mol. The Morgan fingerprint density at radius 3 is 2.41 bits per heavy atom. The van der Waals surface area contributed by atoms with Gasteiger partial charge in [-0.25, -0.2) is 0 Å². The molecule has 3 rings (SSSR count). The molecule has 2 aromatic rings. The van der Waals surface area contributed by atoms with Crippen molar-refractivity contribution in [2.24, 2.45) is 0 Å². The average Bonchev–Trinajstić information content (AvgIpc) is 3.10. The van der Waals surface area contributed by atoms with Gasteiger partial charge in [0.1, 0.15) is 5.76 Å². The third-order valence-electron chi connectivity index (χ3n) is 5.67. The maximum atomic E-state index is 13.1. The van der Waals surface area contributed by atoms with E-state index in [1.54, 1.807) is 43.5 Å². The summed E-state index contributed by atoms with van der Waals surface area (Å²) in [6, 6.07) is 13.5. The SMILES string of the molecule is CCCCOc1ccc(C2/C(=C(\O)c3ccccc3)C(=O)C(=O)N2CCCOC)cc1OCC. The Morgan fingerprint density at radius 1 is 0.971 bits per heavy atom. The summed E-state index contributed by atoms with van der Waals surface area (Å²) in [5.74, 6) is -0.388. The van der Waals surface area contributed by atoms with E-state index >= 15 is 0 Å². The van der Waals surface area contributed by atoms with Crippen molar-refractivity contribution in [2.45, 2.75) is 39.2 Å². The number of likely N-dealkylation sites (tertiary alicyclic amines) is 1. The lowest BCUT2D eigenvalue weighted by Crippen LogP contribution is -2.31. The smallest absolute Gasteiger partial charge is 0.295 e. The van der Waals surface area contributed by atoms with Gasteiger partial charge in [0.2, 0.25) is 0 Å². The second-order valence-corrected chi connectivity index (χ2v) is 8.05. The number of hydrogen-bond donors (Lipinski definition) is 1. The summed E-state index contributed by atoms with van der Waals surface area (Å²) >= 11 is 0. The monoisotopic (exact) mass is 467 g/mol. The number of benzene rings is 2. The number of nitrogens with zero attached hydrogens (tertiary/aromatic N) is 1. The fraction of sp³-hybridized carbons (Fsp3) is 0.407. The maximum Gasteiger partial charge on any atom is 0.295 e. The van der Waals surface area contributed by atoms with Gasteiger partial charge in [-0.3, -0.25) is 9.59 Å². The molecule has 1 heterocycles. The topological polar surface area (TPSA) is 85.3 Å². The van der Waals surface area contributed by atoms with Crippen molar-refractivity contribution in [3.05, 3.63) is 65.2 Å². The Labute approximate surface area is 200 Å². The molecule has 182 valence electrons. The van der Waals surface area contributed by atoms with Gasteiger partial charge in [0, 0.05) is 25.8 Å². The first kappa shape index (κ1) is 25.3. The highest BCUT2D eigenvalue weighted by Gasteiger charge is 2.46. The van der Waals surface area contributed by atoms with Crippen LogP contribution in [-0.2, 0) is 14.3 Å². The van der Waals surface area contributed by atoms with Crippen LogP contribution in [0.15, 0.2) is 54.1 Å². The van der Waals surface area contributed by atoms with Gasteiger partial charge in [0.15, 0.2) is 11.5 Å². The van der Waals surface area contributed by atoms with Crippen LogP contribution in [0.5, 0.6) is 11.5 Å². The highest BCUT2D eigenvalue weighted by atomic mass is 16.5. The van der Waals surface area contributed by atoms with Crippen molar-refractivity contribution in [1.29, 1.82) is 0 Å². The van der Waals surface area contributed by atoms with Crippen LogP contribution in [-0.4, -0.2) is 55.2 Å². The lowest BCUT2D eigenvalue weighted by Gasteiger charge is -2.26. The number of carbonyl (C=O) groups is 2. The van der Waals surface area contributed by atoms with Crippen LogP contribution in [0.1, 0.15) is 50.3 Å². The number of rotatable bonds is 12. The standard InChI is InChI=1S/C27H33NO6/c1-4-6-17-34-21-14-13-20(18-22(21)33-5-2)24-23(25(29)19-11-8-7-9-12-19)26(30)27(31)28(24)15-10-16-32-3/h7-9,11-14,18,24,29H,4-6,10,15-17H2,1-3H3/b25-23+. The van der Waals surface area contributed by atoms with Crippen LogP contribution in [0.3, 0.4) is 0 Å².